The van der Waals surface area contributed by atoms with E-state index in [2.05, 4.69) is 33.1 Å². The first-order valence-electron chi connectivity index (χ1n) is 6.33. The van der Waals surface area contributed by atoms with Crippen molar-refractivity contribution in [3.8, 4) is 0 Å². The topological polar surface area (TPSA) is 12.0 Å². The molecular weight excluding hydrogens is 170 g/mol. The van der Waals surface area contributed by atoms with Gasteiger partial charge in [-0.15, -0.1) is 0 Å². The monoisotopic (exact) mass is 197 g/mol. The molecule has 1 saturated carbocycles. The second-order valence-electron chi connectivity index (χ2n) is 5.20. The summed E-state index contributed by atoms with van der Waals surface area (Å²) in [5.41, 5.74) is 0.610. The molecule has 0 atom stereocenters. The van der Waals surface area contributed by atoms with Crippen molar-refractivity contribution in [2.75, 3.05) is 7.05 Å². The van der Waals surface area contributed by atoms with Gasteiger partial charge in [-0.2, -0.15) is 0 Å². The van der Waals surface area contributed by atoms with E-state index in [1.54, 1.807) is 0 Å². The minimum atomic E-state index is 0.610. The second-order valence-corrected chi connectivity index (χ2v) is 5.20. The van der Waals surface area contributed by atoms with E-state index in [1.807, 2.05) is 0 Å². The van der Waals surface area contributed by atoms with Crippen molar-refractivity contribution < 1.29 is 0 Å². The van der Waals surface area contributed by atoms with Crippen molar-refractivity contribution in [1.29, 1.82) is 0 Å². The summed E-state index contributed by atoms with van der Waals surface area (Å²) in [6, 6.07) is 0.796. The Morgan fingerprint density at radius 3 is 1.93 bits per heavy atom. The third-order valence-electron chi connectivity index (χ3n) is 4.74. The summed E-state index contributed by atoms with van der Waals surface area (Å²) >= 11 is 0. The van der Waals surface area contributed by atoms with Gasteiger partial charge < -0.3 is 5.32 Å². The molecule has 0 bridgehead atoms. The lowest BCUT2D eigenvalue weighted by Gasteiger charge is -2.40. The highest BCUT2D eigenvalue weighted by Crippen LogP contribution is 2.42. The van der Waals surface area contributed by atoms with Crippen LogP contribution in [0.25, 0.3) is 0 Å². The lowest BCUT2D eigenvalue weighted by Crippen LogP contribution is -2.36. The van der Waals surface area contributed by atoms with Crippen LogP contribution in [0.15, 0.2) is 0 Å². The van der Waals surface area contributed by atoms with Gasteiger partial charge in [0.15, 0.2) is 0 Å². The summed E-state index contributed by atoms with van der Waals surface area (Å²) < 4.78 is 0. The first-order chi connectivity index (χ1) is 6.66. The Morgan fingerprint density at radius 2 is 1.57 bits per heavy atom. The van der Waals surface area contributed by atoms with Gasteiger partial charge in [0.25, 0.3) is 0 Å². The predicted octanol–water partition coefficient (Wildman–Crippen LogP) is 3.59. The van der Waals surface area contributed by atoms with Gasteiger partial charge in [0.2, 0.25) is 0 Å². The van der Waals surface area contributed by atoms with Crippen molar-refractivity contribution >= 4 is 0 Å². The standard InChI is InChI=1S/C13H27N/c1-5-13(3,6-2)11-7-9-12(14-4)10-8-11/h11-12,14H,5-10H2,1-4H3. The van der Waals surface area contributed by atoms with Crippen molar-refractivity contribution in [1.82, 2.24) is 5.32 Å². The lowest BCUT2D eigenvalue weighted by atomic mass is 9.66. The fraction of sp³-hybridized carbons (Fsp3) is 1.00. The van der Waals surface area contributed by atoms with Crippen LogP contribution in [0.2, 0.25) is 0 Å². The summed E-state index contributed by atoms with van der Waals surface area (Å²) in [4.78, 5) is 0. The zero-order valence-corrected chi connectivity index (χ0v) is 10.4. The Labute approximate surface area is 89.7 Å². The maximum atomic E-state index is 3.41. The van der Waals surface area contributed by atoms with Gasteiger partial charge in [-0.05, 0) is 44.1 Å². The second kappa shape index (κ2) is 5.16. The fourth-order valence-electron chi connectivity index (χ4n) is 2.91. The average Bonchev–Trinajstić information content (AvgIpc) is 2.28. The third kappa shape index (κ3) is 2.50. The Hall–Kier alpha value is -0.0400. The number of hydrogen-bond donors (Lipinski definition) is 1. The van der Waals surface area contributed by atoms with Crippen LogP contribution in [0.1, 0.15) is 59.3 Å². The molecule has 0 aromatic carbocycles. The minimum absolute atomic E-state index is 0.610. The number of hydrogen-bond acceptors (Lipinski definition) is 1. The molecule has 1 aliphatic carbocycles. The quantitative estimate of drug-likeness (QED) is 0.726. The SMILES string of the molecule is CCC(C)(CC)C1CCC(NC)CC1. The summed E-state index contributed by atoms with van der Waals surface area (Å²) in [5, 5.41) is 3.41. The largest absolute Gasteiger partial charge is 0.317 e. The molecule has 0 aromatic heterocycles. The average molecular weight is 197 g/mol. The molecule has 1 rings (SSSR count). The zero-order chi connectivity index (χ0) is 10.6. The fourth-order valence-corrected chi connectivity index (χ4v) is 2.91. The van der Waals surface area contributed by atoms with Crippen LogP contribution in [0.4, 0.5) is 0 Å². The van der Waals surface area contributed by atoms with Crippen LogP contribution < -0.4 is 5.32 Å². The first-order valence-corrected chi connectivity index (χ1v) is 6.33. The van der Waals surface area contributed by atoms with Crippen LogP contribution in [0.5, 0.6) is 0 Å². The van der Waals surface area contributed by atoms with Gasteiger partial charge in [-0.25, -0.2) is 0 Å². The Balaban J connectivity index is 2.47. The normalized spacial score (nSPS) is 29.1. The van der Waals surface area contributed by atoms with E-state index in [0.29, 0.717) is 5.41 Å². The number of rotatable bonds is 4. The van der Waals surface area contributed by atoms with E-state index < -0.39 is 0 Å². The van der Waals surface area contributed by atoms with Crippen LogP contribution in [0, 0.1) is 11.3 Å². The highest BCUT2D eigenvalue weighted by molar-refractivity contribution is 4.86. The molecule has 0 amide bonds. The molecule has 0 unspecified atom stereocenters. The van der Waals surface area contributed by atoms with Gasteiger partial charge in [-0.1, -0.05) is 33.6 Å². The summed E-state index contributed by atoms with van der Waals surface area (Å²) in [6.45, 7) is 7.19. The van der Waals surface area contributed by atoms with Crippen LogP contribution in [-0.4, -0.2) is 13.1 Å². The molecule has 1 fully saturated rings. The van der Waals surface area contributed by atoms with E-state index in [1.165, 1.54) is 38.5 Å². The van der Waals surface area contributed by atoms with E-state index in [9.17, 15) is 0 Å². The smallest absolute Gasteiger partial charge is 0.00642 e. The van der Waals surface area contributed by atoms with Crippen LogP contribution in [-0.2, 0) is 0 Å². The summed E-state index contributed by atoms with van der Waals surface area (Å²) in [7, 11) is 2.10. The van der Waals surface area contributed by atoms with Crippen molar-refractivity contribution in [3.63, 3.8) is 0 Å². The molecule has 0 heterocycles. The summed E-state index contributed by atoms with van der Waals surface area (Å²) in [5.74, 6) is 0.974. The van der Waals surface area contributed by atoms with Gasteiger partial charge in [0.05, 0.1) is 0 Å². The maximum absolute atomic E-state index is 3.41. The van der Waals surface area contributed by atoms with Crippen LogP contribution >= 0.6 is 0 Å². The molecule has 1 aliphatic rings. The van der Waals surface area contributed by atoms with Crippen molar-refractivity contribution in [3.05, 3.63) is 0 Å². The summed E-state index contributed by atoms with van der Waals surface area (Å²) in [6.07, 6.45) is 8.33. The maximum Gasteiger partial charge on any atom is 0.00642 e. The number of nitrogens with one attached hydrogen (secondary N) is 1. The van der Waals surface area contributed by atoms with Crippen molar-refractivity contribution in [2.45, 2.75) is 65.3 Å². The molecule has 0 spiro atoms. The predicted molar refractivity (Wildman–Crippen MR) is 63.5 cm³/mol. The molecule has 14 heavy (non-hydrogen) atoms. The lowest BCUT2D eigenvalue weighted by molar-refractivity contribution is 0.114. The molecule has 1 N–H and O–H groups in total. The third-order valence-corrected chi connectivity index (χ3v) is 4.74. The van der Waals surface area contributed by atoms with Gasteiger partial charge in [0.1, 0.15) is 0 Å². The van der Waals surface area contributed by atoms with Crippen molar-refractivity contribution in [2.24, 2.45) is 11.3 Å². The Kier molecular flexibility index (Phi) is 4.43. The van der Waals surface area contributed by atoms with E-state index in [-0.39, 0.29) is 0 Å². The molecular formula is C13H27N. The van der Waals surface area contributed by atoms with Gasteiger partial charge in [-0.3, -0.25) is 0 Å². The van der Waals surface area contributed by atoms with E-state index >= 15 is 0 Å². The Bertz CT molecular complexity index is 153. The minimum Gasteiger partial charge on any atom is -0.317 e. The van der Waals surface area contributed by atoms with Gasteiger partial charge >= 0.3 is 0 Å². The van der Waals surface area contributed by atoms with E-state index in [0.717, 1.165) is 12.0 Å². The molecule has 84 valence electrons. The molecule has 0 aromatic rings. The molecule has 1 heteroatoms. The van der Waals surface area contributed by atoms with E-state index in [4.69, 9.17) is 0 Å². The molecule has 1 nitrogen and oxygen atoms in total. The zero-order valence-electron chi connectivity index (χ0n) is 10.4. The molecule has 0 aliphatic heterocycles. The molecule has 0 radical (unpaired) electrons. The Morgan fingerprint density at radius 1 is 1.07 bits per heavy atom. The highest BCUT2D eigenvalue weighted by Gasteiger charge is 2.33. The molecule has 0 saturated heterocycles. The van der Waals surface area contributed by atoms with Gasteiger partial charge in [0, 0.05) is 6.04 Å². The highest BCUT2D eigenvalue weighted by atomic mass is 14.9. The van der Waals surface area contributed by atoms with Crippen LogP contribution in [0.3, 0.4) is 0 Å². The first kappa shape index (κ1) is 12.0.